The number of amides is 1. The van der Waals surface area contributed by atoms with E-state index in [1.54, 1.807) is 0 Å². The smallest absolute Gasteiger partial charge is 0.223 e. The molecule has 5 nitrogen and oxygen atoms in total. The van der Waals surface area contributed by atoms with Crippen LogP contribution >= 0.6 is 0 Å². The monoisotopic (exact) mass is 297 g/mol. The quantitative estimate of drug-likeness (QED) is 0.810. The van der Waals surface area contributed by atoms with Gasteiger partial charge >= 0.3 is 0 Å². The summed E-state index contributed by atoms with van der Waals surface area (Å²) in [5.74, 6) is 0.572. The van der Waals surface area contributed by atoms with Crippen molar-refractivity contribution in [3.63, 3.8) is 0 Å². The Labute approximate surface area is 128 Å². The van der Waals surface area contributed by atoms with Crippen molar-refractivity contribution in [2.75, 3.05) is 33.3 Å². The SMILES string of the molecule is CC1C(N)CCC(C(=O)NCC2CN(C)CCO2)C1(C)C. The van der Waals surface area contributed by atoms with Gasteiger partial charge in [-0.1, -0.05) is 20.8 Å². The average molecular weight is 297 g/mol. The first-order chi connectivity index (χ1) is 9.82. The lowest BCUT2D eigenvalue weighted by atomic mass is 9.61. The van der Waals surface area contributed by atoms with E-state index in [4.69, 9.17) is 10.5 Å². The Hall–Kier alpha value is -0.650. The van der Waals surface area contributed by atoms with Gasteiger partial charge in [0.25, 0.3) is 0 Å². The predicted molar refractivity (Wildman–Crippen MR) is 83.9 cm³/mol. The highest BCUT2D eigenvalue weighted by atomic mass is 16.5. The van der Waals surface area contributed by atoms with E-state index in [9.17, 15) is 4.79 Å². The Kier molecular flexibility index (Phi) is 5.28. The van der Waals surface area contributed by atoms with Gasteiger partial charge in [0, 0.05) is 31.6 Å². The van der Waals surface area contributed by atoms with E-state index in [0.29, 0.717) is 12.5 Å². The largest absolute Gasteiger partial charge is 0.374 e. The van der Waals surface area contributed by atoms with Gasteiger partial charge in [0.15, 0.2) is 0 Å². The first-order valence-corrected chi connectivity index (χ1v) is 8.15. The Balaban J connectivity index is 1.88. The molecule has 0 spiro atoms. The van der Waals surface area contributed by atoms with Crippen LogP contribution in [0.2, 0.25) is 0 Å². The van der Waals surface area contributed by atoms with Crippen LogP contribution in [0.5, 0.6) is 0 Å². The molecule has 0 radical (unpaired) electrons. The van der Waals surface area contributed by atoms with Crippen molar-refractivity contribution in [3.05, 3.63) is 0 Å². The van der Waals surface area contributed by atoms with E-state index in [-0.39, 0.29) is 29.4 Å². The van der Waals surface area contributed by atoms with Crippen molar-refractivity contribution < 1.29 is 9.53 Å². The van der Waals surface area contributed by atoms with Crippen molar-refractivity contribution in [2.45, 2.75) is 45.8 Å². The third-order valence-corrected chi connectivity index (χ3v) is 5.66. The van der Waals surface area contributed by atoms with Gasteiger partial charge in [-0.25, -0.2) is 0 Å². The molecule has 1 amide bonds. The Morgan fingerprint density at radius 2 is 2.14 bits per heavy atom. The summed E-state index contributed by atoms with van der Waals surface area (Å²) in [7, 11) is 2.09. The molecule has 0 aromatic heterocycles. The number of rotatable bonds is 3. The molecule has 2 rings (SSSR count). The molecule has 4 atom stereocenters. The number of hydrogen-bond donors (Lipinski definition) is 2. The lowest BCUT2D eigenvalue weighted by Crippen LogP contribution is -2.53. The Morgan fingerprint density at radius 3 is 2.81 bits per heavy atom. The third-order valence-electron chi connectivity index (χ3n) is 5.66. The highest BCUT2D eigenvalue weighted by molar-refractivity contribution is 5.79. The van der Waals surface area contributed by atoms with E-state index in [1.165, 1.54) is 0 Å². The van der Waals surface area contributed by atoms with E-state index in [2.05, 4.69) is 38.0 Å². The molecule has 0 aromatic carbocycles. The molecule has 1 aliphatic carbocycles. The summed E-state index contributed by atoms with van der Waals surface area (Å²) in [6.45, 7) is 9.72. The van der Waals surface area contributed by atoms with Crippen LogP contribution in [0.1, 0.15) is 33.6 Å². The molecule has 122 valence electrons. The summed E-state index contributed by atoms with van der Waals surface area (Å²) in [4.78, 5) is 14.8. The maximum absolute atomic E-state index is 12.6. The zero-order chi connectivity index (χ0) is 15.6. The molecule has 1 saturated carbocycles. The Morgan fingerprint density at radius 1 is 1.43 bits per heavy atom. The van der Waals surface area contributed by atoms with Crippen LogP contribution in [-0.2, 0) is 9.53 Å². The van der Waals surface area contributed by atoms with Crippen molar-refractivity contribution >= 4 is 5.91 Å². The van der Waals surface area contributed by atoms with Gasteiger partial charge in [-0.2, -0.15) is 0 Å². The topological polar surface area (TPSA) is 67.6 Å². The predicted octanol–water partition coefficient (Wildman–Crippen LogP) is 0.833. The maximum Gasteiger partial charge on any atom is 0.223 e. The summed E-state index contributed by atoms with van der Waals surface area (Å²) >= 11 is 0. The zero-order valence-electron chi connectivity index (χ0n) is 13.9. The fourth-order valence-electron chi connectivity index (χ4n) is 3.65. The fourth-order valence-corrected chi connectivity index (χ4v) is 3.65. The van der Waals surface area contributed by atoms with Crippen LogP contribution in [0, 0.1) is 17.3 Å². The summed E-state index contributed by atoms with van der Waals surface area (Å²) in [5, 5.41) is 3.10. The second-order valence-corrected chi connectivity index (χ2v) is 7.40. The number of carbonyl (C=O) groups excluding carboxylic acids is 1. The molecule has 0 aromatic rings. The second kappa shape index (κ2) is 6.63. The molecule has 3 N–H and O–H groups in total. The molecule has 1 aliphatic heterocycles. The zero-order valence-corrected chi connectivity index (χ0v) is 13.9. The number of ether oxygens (including phenoxy) is 1. The normalized spacial score (nSPS) is 37.2. The number of nitrogens with two attached hydrogens (primary N) is 1. The first kappa shape index (κ1) is 16.7. The van der Waals surface area contributed by atoms with Crippen LogP contribution in [0.15, 0.2) is 0 Å². The van der Waals surface area contributed by atoms with Gasteiger partial charge in [-0.3, -0.25) is 4.79 Å². The number of morpholine rings is 1. The summed E-state index contributed by atoms with van der Waals surface area (Å²) in [6, 6.07) is 0.208. The molecular formula is C16H31N3O2. The van der Waals surface area contributed by atoms with Gasteiger partial charge in [0.05, 0.1) is 12.7 Å². The molecule has 1 heterocycles. The van der Waals surface area contributed by atoms with Gasteiger partial charge in [0.1, 0.15) is 0 Å². The highest BCUT2D eigenvalue weighted by Crippen LogP contribution is 2.44. The average Bonchev–Trinajstić information content (AvgIpc) is 2.42. The van der Waals surface area contributed by atoms with Crippen molar-refractivity contribution in [1.29, 1.82) is 0 Å². The molecular weight excluding hydrogens is 266 g/mol. The van der Waals surface area contributed by atoms with Crippen LogP contribution in [0.3, 0.4) is 0 Å². The van der Waals surface area contributed by atoms with Crippen molar-refractivity contribution in [3.8, 4) is 0 Å². The van der Waals surface area contributed by atoms with Gasteiger partial charge in [0.2, 0.25) is 5.91 Å². The molecule has 2 fully saturated rings. The molecule has 1 saturated heterocycles. The van der Waals surface area contributed by atoms with Crippen LogP contribution in [0.4, 0.5) is 0 Å². The molecule has 5 heteroatoms. The minimum Gasteiger partial charge on any atom is -0.374 e. The second-order valence-electron chi connectivity index (χ2n) is 7.40. The van der Waals surface area contributed by atoms with Crippen molar-refractivity contribution in [1.82, 2.24) is 10.2 Å². The lowest BCUT2D eigenvalue weighted by Gasteiger charge is -2.46. The van der Waals surface area contributed by atoms with Crippen LogP contribution < -0.4 is 11.1 Å². The Bertz CT molecular complexity index is 373. The van der Waals surface area contributed by atoms with Crippen molar-refractivity contribution in [2.24, 2.45) is 23.0 Å². The van der Waals surface area contributed by atoms with E-state index in [1.807, 2.05) is 0 Å². The van der Waals surface area contributed by atoms with Gasteiger partial charge in [-0.05, 0) is 31.2 Å². The summed E-state index contributed by atoms with van der Waals surface area (Å²) in [5.41, 5.74) is 6.12. The minimum atomic E-state index is -0.0496. The van der Waals surface area contributed by atoms with Crippen LogP contribution in [-0.4, -0.2) is 56.2 Å². The van der Waals surface area contributed by atoms with Gasteiger partial charge in [-0.15, -0.1) is 0 Å². The number of nitrogens with zero attached hydrogens (tertiary/aromatic N) is 1. The number of likely N-dealkylation sites (N-methyl/N-ethyl adjacent to an activating group) is 1. The highest BCUT2D eigenvalue weighted by Gasteiger charge is 2.44. The summed E-state index contributed by atoms with van der Waals surface area (Å²) in [6.07, 6.45) is 1.93. The van der Waals surface area contributed by atoms with Crippen LogP contribution in [0.25, 0.3) is 0 Å². The van der Waals surface area contributed by atoms with E-state index < -0.39 is 0 Å². The standard InChI is InChI=1S/C16H31N3O2/c1-11-14(17)6-5-13(16(11,2)3)15(20)18-9-12-10-19(4)7-8-21-12/h11-14H,5-10,17H2,1-4H3,(H,18,20). The molecule has 0 bridgehead atoms. The summed E-state index contributed by atoms with van der Waals surface area (Å²) < 4.78 is 5.70. The number of nitrogens with one attached hydrogen (secondary N) is 1. The number of carbonyl (C=O) groups is 1. The van der Waals surface area contributed by atoms with Gasteiger partial charge < -0.3 is 20.7 Å². The first-order valence-electron chi connectivity index (χ1n) is 8.15. The van der Waals surface area contributed by atoms with E-state index >= 15 is 0 Å². The fraction of sp³-hybridized carbons (Fsp3) is 0.938. The third kappa shape index (κ3) is 3.76. The lowest BCUT2D eigenvalue weighted by molar-refractivity contribution is -0.133. The molecule has 21 heavy (non-hydrogen) atoms. The maximum atomic E-state index is 12.6. The molecule has 4 unspecified atom stereocenters. The molecule has 2 aliphatic rings. The minimum absolute atomic E-state index is 0.0496. The number of hydrogen-bond acceptors (Lipinski definition) is 4. The van der Waals surface area contributed by atoms with E-state index in [0.717, 1.165) is 32.5 Å².